The van der Waals surface area contributed by atoms with Gasteiger partial charge in [-0.1, -0.05) is 20.8 Å². The highest BCUT2D eigenvalue weighted by Gasteiger charge is 2.55. The van der Waals surface area contributed by atoms with Gasteiger partial charge in [0.2, 0.25) is 0 Å². The van der Waals surface area contributed by atoms with Crippen molar-refractivity contribution in [3.8, 4) is 0 Å². The van der Waals surface area contributed by atoms with Crippen molar-refractivity contribution in [1.29, 1.82) is 0 Å². The van der Waals surface area contributed by atoms with Gasteiger partial charge in [-0.25, -0.2) is 8.78 Å². The number of nitro groups is 1. The van der Waals surface area contributed by atoms with Crippen molar-refractivity contribution in [2.75, 3.05) is 0 Å². The third kappa shape index (κ3) is 1.78. The molecule has 5 heteroatoms. The van der Waals surface area contributed by atoms with E-state index in [2.05, 4.69) is 0 Å². The van der Waals surface area contributed by atoms with Crippen LogP contribution in [0, 0.1) is 27.2 Å². The summed E-state index contributed by atoms with van der Waals surface area (Å²) in [5, 5.41) is 10.6. The molecule has 0 unspecified atom stereocenters. The van der Waals surface area contributed by atoms with Crippen LogP contribution in [0.25, 0.3) is 0 Å². The van der Waals surface area contributed by atoms with E-state index in [1.165, 1.54) is 0 Å². The highest BCUT2D eigenvalue weighted by molar-refractivity contribution is 5.43. The fourth-order valence-electron chi connectivity index (χ4n) is 2.62. The Balaban J connectivity index is 2.57. The van der Waals surface area contributed by atoms with Crippen LogP contribution in [-0.4, -0.2) is 4.92 Å². The molecule has 1 aliphatic rings. The average molecular weight is 255 g/mol. The summed E-state index contributed by atoms with van der Waals surface area (Å²) in [5.41, 5.74) is -1.35. The minimum absolute atomic E-state index is 0.000556. The van der Waals surface area contributed by atoms with Crippen molar-refractivity contribution in [2.24, 2.45) is 5.41 Å². The first-order valence-corrected chi connectivity index (χ1v) is 5.83. The molecule has 98 valence electrons. The smallest absolute Gasteiger partial charge is 0.258 e. The van der Waals surface area contributed by atoms with Crippen molar-refractivity contribution in [2.45, 2.75) is 39.0 Å². The van der Waals surface area contributed by atoms with Crippen LogP contribution in [0.5, 0.6) is 0 Å². The van der Waals surface area contributed by atoms with Crippen molar-refractivity contribution < 1.29 is 13.7 Å². The number of hydrogen-bond acceptors (Lipinski definition) is 2. The summed E-state index contributed by atoms with van der Waals surface area (Å²) < 4.78 is 28.0. The molecule has 1 fully saturated rings. The van der Waals surface area contributed by atoms with Gasteiger partial charge in [0.15, 0.2) is 0 Å². The number of rotatable bonds is 2. The maximum atomic E-state index is 14.0. The van der Waals surface area contributed by atoms with E-state index in [4.69, 9.17) is 0 Å². The van der Waals surface area contributed by atoms with Gasteiger partial charge in [0.05, 0.1) is 17.1 Å². The van der Waals surface area contributed by atoms with Gasteiger partial charge >= 0.3 is 0 Å². The maximum Gasteiger partial charge on any atom is 0.275 e. The third-order valence-corrected chi connectivity index (χ3v) is 3.90. The second-order valence-corrected chi connectivity index (χ2v) is 5.87. The largest absolute Gasteiger partial charge is 0.275 e. The van der Waals surface area contributed by atoms with Gasteiger partial charge in [0.1, 0.15) is 11.6 Å². The normalized spacial score (nSPS) is 17.6. The highest BCUT2D eigenvalue weighted by atomic mass is 19.1. The summed E-state index contributed by atoms with van der Waals surface area (Å²) in [6.07, 6.45) is 1.42. The molecule has 0 aliphatic heterocycles. The van der Waals surface area contributed by atoms with Crippen molar-refractivity contribution >= 4 is 5.69 Å². The van der Waals surface area contributed by atoms with E-state index in [1.807, 2.05) is 20.8 Å². The Morgan fingerprint density at radius 2 is 1.67 bits per heavy atom. The second kappa shape index (κ2) is 3.73. The summed E-state index contributed by atoms with van der Waals surface area (Å²) >= 11 is 0. The Kier molecular flexibility index (Phi) is 2.68. The number of halogens is 2. The predicted molar refractivity (Wildman–Crippen MR) is 63.4 cm³/mol. The van der Waals surface area contributed by atoms with Gasteiger partial charge in [-0.3, -0.25) is 10.1 Å². The van der Waals surface area contributed by atoms with Gasteiger partial charge < -0.3 is 0 Å². The van der Waals surface area contributed by atoms with Crippen LogP contribution in [0.4, 0.5) is 14.5 Å². The van der Waals surface area contributed by atoms with Crippen LogP contribution < -0.4 is 0 Å². The molecule has 0 aromatic heterocycles. The molecule has 0 heterocycles. The zero-order valence-corrected chi connectivity index (χ0v) is 10.6. The van der Waals surface area contributed by atoms with Crippen LogP contribution in [-0.2, 0) is 5.41 Å². The molecule has 0 radical (unpaired) electrons. The highest BCUT2D eigenvalue weighted by Crippen LogP contribution is 2.60. The summed E-state index contributed by atoms with van der Waals surface area (Å²) in [5.74, 6) is -1.62. The van der Waals surface area contributed by atoms with Crippen LogP contribution in [0.15, 0.2) is 12.1 Å². The molecule has 3 nitrogen and oxygen atoms in total. The molecular weight excluding hydrogens is 240 g/mol. The molecule has 1 saturated carbocycles. The lowest BCUT2D eigenvalue weighted by Gasteiger charge is -2.31. The predicted octanol–water partition coefficient (Wildman–Crippen LogP) is 3.95. The van der Waals surface area contributed by atoms with Crippen LogP contribution >= 0.6 is 0 Å². The van der Waals surface area contributed by atoms with E-state index in [0.717, 1.165) is 12.1 Å². The van der Waals surface area contributed by atoms with E-state index in [1.54, 1.807) is 0 Å². The summed E-state index contributed by atoms with van der Waals surface area (Å²) in [6, 6.07) is 1.62. The lowest BCUT2D eigenvalue weighted by molar-refractivity contribution is -0.385. The van der Waals surface area contributed by atoms with Crippen molar-refractivity contribution in [3.05, 3.63) is 39.4 Å². The van der Waals surface area contributed by atoms with Crippen molar-refractivity contribution in [1.82, 2.24) is 0 Å². The molecule has 0 atom stereocenters. The Bertz CT molecular complexity index is 493. The topological polar surface area (TPSA) is 43.1 Å². The molecule has 1 aromatic carbocycles. The van der Waals surface area contributed by atoms with Gasteiger partial charge in [0, 0.05) is 11.0 Å². The zero-order chi connectivity index (χ0) is 13.7. The molecule has 0 amide bonds. The molecule has 0 bridgehead atoms. The molecule has 0 N–H and O–H groups in total. The number of benzene rings is 1. The number of non-ortho nitro benzene ring substituents is 1. The third-order valence-electron chi connectivity index (χ3n) is 3.90. The first-order chi connectivity index (χ1) is 8.19. The lowest BCUT2D eigenvalue weighted by Crippen LogP contribution is -2.28. The number of nitro benzene ring substituents is 1. The van der Waals surface area contributed by atoms with Crippen LogP contribution in [0.3, 0.4) is 0 Å². The number of nitrogens with zero attached hydrogens (tertiary/aromatic N) is 1. The van der Waals surface area contributed by atoms with Gasteiger partial charge in [-0.05, 0) is 18.3 Å². The molecular formula is C13H15F2NO2. The minimum Gasteiger partial charge on any atom is -0.258 e. The molecule has 0 spiro atoms. The summed E-state index contributed by atoms with van der Waals surface area (Å²) in [6.45, 7) is 5.79. The standard InChI is InChI=1S/C13H15F2NO2/c1-12(2,3)13(4-5-13)11-9(14)6-8(16(17)18)7-10(11)15/h6-7H,4-5H2,1-3H3. The fraction of sp³-hybridized carbons (Fsp3) is 0.538. The van der Waals surface area contributed by atoms with E-state index in [0.29, 0.717) is 12.8 Å². The number of hydrogen-bond donors (Lipinski definition) is 0. The van der Waals surface area contributed by atoms with Gasteiger partial charge in [-0.15, -0.1) is 0 Å². The summed E-state index contributed by atoms with van der Waals surface area (Å²) in [4.78, 5) is 9.77. The SMILES string of the molecule is CC(C)(C)C1(c2c(F)cc([N+](=O)[O-])cc2F)CC1. The summed E-state index contributed by atoms with van der Waals surface area (Å²) in [7, 11) is 0. The Labute approximate surface area is 104 Å². The molecule has 2 rings (SSSR count). The fourth-order valence-corrected chi connectivity index (χ4v) is 2.62. The van der Waals surface area contributed by atoms with E-state index in [-0.39, 0.29) is 11.0 Å². The van der Waals surface area contributed by atoms with Crippen LogP contribution in [0.1, 0.15) is 39.2 Å². The first-order valence-electron chi connectivity index (χ1n) is 5.83. The minimum atomic E-state index is -0.811. The monoisotopic (exact) mass is 255 g/mol. The maximum absolute atomic E-state index is 14.0. The molecule has 1 aromatic rings. The first kappa shape index (κ1) is 12.9. The molecule has 1 aliphatic carbocycles. The van der Waals surface area contributed by atoms with E-state index in [9.17, 15) is 18.9 Å². The Morgan fingerprint density at radius 1 is 1.22 bits per heavy atom. The second-order valence-electron chi connectivity index (χ2n) is 5.87. The Morgan fingerprint density at radius 3 is 1.94 bits per heavy atom. The quantitative estimate of drug-likeness (QED) is 0.593. The van der Waals surface area contributed by atoms with Crippen molar-refractivity contribution in [3.63, 3.8) is 0 Å². The van der Waals surface area contributed by atoms with Gasteiger partial charge in [0.25, 0.3) is 5.69 Å². The Hall–Kier alpha value is -1.52. The van der Waals surface area contributed by atoms with Crippen LogP contribution in [0.2, 0.25) is 0 Å². The molecule has 18 heavy (non-hydrogen) atoms. The molecule has 0 saturated heterocycles. The lowest BCUT2D eigenvalue weighted by atomic mass is 9.73. The van der Waals surface area contributed by atoms with Gasteiger partial charge in [-0.2, -0.15) is 0 Å². The van der Waals surface area contributed by atoms with E-state index >= 15 is 0 Å². The average Bonchev–Trinajstić information content (AvgIpc) is 2.96. The zero-order valence-electron chi connectivity index (χ0n) is 10.6. The van der Waals surface area contributed by atoms with E-state index < -0.39 is 27.7 Å².